The number of carbonyl (C=O) groups is 1. The smallest absolute Gasteiger partial charge is 0.307 e. The van der Waals surface area contributed by atoms with E-state index in [0.717, 1.165) is 12.3 Å². The Morgan fingerprint density at radius 2 is 2.14 bits per heavy atom. The van der Waals surface area contributed by atoms with E-state index >= 15 is 0 Å². The van der Waals surface area contributed by atoms with Crippen molar-refractivity contribution >= 4 is 5.97 Å². The first-order valence-electron chi connectivity index (χ1n) is 5.49. The van der Waals surface area contributed by atoms with Crippen molar-refractivity contribution < 1.29 is 9.90 Å². The van der Waals surface area contributed by atoms with E-state index in [2.05, 4.69) is 11.8 Å². The van der Waals surface area contributed by atoms with Crippen LogP contribution in [0.25, 0.3) is 0 Å². The van der Waals surface area contributed by atoms with Gasteiger partial charge in [-0.25, -0.2) is 0 Å². The van der Waals surface area contributed by atoms with Crippen molar-refractivity contribution in [3.63, 3.8) is 0 Å². The predicted molar refractivity (Wildman–Crippen MR) is 56.2 cm³/mol. The second-order valence-electron chi connectivity index (χ2n) is 4.49. The maximum Gasteiger partial charge on any atom is 0.307 e. The molecular formula is C11H21NO2. The van der Waals surface area contributed by atoms with E-state index in [1.165, 1.54) is 12.8 Å². The lowest BCUT2D eigenvalue weighted by molar-refractivity contribution is -0.141. The van der Waals surface area contributed by atoms with Crippen molar-refractivity contribution in [1.82, 2.24) is 4.90 Å². The van der Waals surface area contributed by atoms with Gasteiger partial charge in [0.25, 0.3) is 0 Å². The normalized spacial score (nSPS) is 20.9. The molecule has 1 rings (SSSR count). The van der Waals surface area contributed by atoms with Gasteiger partial charge in [-0.05, 0) is 32.2 Å². The zero-order valence-electron chi connectivity index (χ0n) is 9.36. The quantitative estimate of drug-likeness (QED) is 0.709. The molecule has 0 aliphatic heterocycles. The molecule has 0 radical (unpaired) electrons. The first-order valence-corrected chi connectivity index (χ1v) is 5.49. The van der Waals surface area contributed by atoms with Gasteiger partial charge in [0.15, 0.2) is 0 Å². The molecule has 1 saturated carbocycles. The van der Waals surface area contributed by atoms with Crippen LogP contribution in [0.5, 0.6) is 0 Å². The summed E-state index contributed by atoms with van der Waals surface area (Å²) in [5.41, 5.74) is 0. The molecule has 1 fully saturated rings. The largest absolute Gasteiger partial charge is 0.481 e. The van der Waals surface area contributed by atoms with E-state index in [1.807, 2.05) is 7.05 Å². The number of carboxylic acids is 1. The Balaban J connectivity index is 2.38. The number of hydrogen-bond donors (Lipinski definition) is 1. The molecule has 0 aromatic carbocycles. The van der Waals surface area contributed by atoms with Crippen molar-refractivity contribution in [2.45, 2.75) is 39.2 Å². The van der Waals surface area contributed by atoms with Crippen LogP contribution in [0.3, 0.4) is 0 Å². The maximum absolute atomic E-state index is 10.7. The van der Waals surface area contributed by atoms with E-state index in [9.17, 15) is 4.79 Å². The molecule has 82 valence electrons. The van der Waals surface area contributed by atoms with Crippen molar-refractivity contribution in [3.05, 3.63) is 0 Å². The van der Waals surface area contributed by atoms with Gasteiger partial charge in [0.2, 0.25) is 0 Å². The molecule has 3 heteroatoms. The fourth-order valence-corrected chi connectivity index (χ4v) is 2.13. The van der Waals surface area contributed by atoms with Gasteiger partial charge in [-0.15, -0.1) is 0 Å². The Bertz CT molecular complexity index is 201. The summed E-state index contributed by atoms with van der Waals surface area (Å²) in [5, 5.41) is 8.81. The van der Waals surface area contributed by atoms with Crippen LogP contribution in [0.1, 0.15) is 33.1 Å². The lowest BCUT2D eigenvalue weighted by Gasteiger charge is -2.28. The molecule has 2 unspecified atom stereocenters. The lowest BCUT2D eigenvalue weighted by atomic mass is 10.1. The molecule has 0 spiro atoms. The summed E-state index contributed by atoms with van der Waals surface area (Å²) in [7, 11) is 2.05. The van der Waals surface area contributed by atoms with Crippen LogP contribution in [0.15, 0.2) is 0 Å². The average Bonchev–Trinajstić information content (AvgIpc) is 2.89. The van der Waals surface area contributed by atoms with E-state index < -0.39 is 5.97 Å². The number of hydrogen-bond acceptors (Lipinski definition) is 2. The Morgan fingerprint density at radius 1 is 1.57 bits per heavy atom. The molecule has 14 heavy (non-hydrogen) atoms. The third kappa shape index (κ3) is 2.98. The van der Waals surface area contributed by atoms with Gasteiger partial charge >= 0.3 is 5.97 Å². The highest BCUT2D eigenvalue weighted by Crippen LogP contribution is 2.36. The first kappa shape index (κ1) is 11.5. The van der Waals surface area contributed by atoms with Crippen LogP contribution in [-0.2, 0) is 4.79 Å². The van der Waals surface area contributed by atoms with Gasteiger partial charge in [0.1, 0.15) is 0 Å². The van der Waals surface area contributed by atoms with Gasteiger partial charge in [-0.1, -0.05) is 13.8 Å². The second-order valence-corrected chi connectivity index (χ2v) is 4.49. The Morgan fingerprint density at radius 3 is 2.50 bits per heavy atom. The summed E-state index contributed by atoms with van der Waals surface area (Å²) >= 11 is 0. The van der Waals surface area contributed by atoms with Gasteiger partial charge in [-0.2, -0.15) is 0 Å². The average molecular weight is 199 g/mol. The zero-order chi connectivity index (χ0) is 10.7. The Labute approximate surface area is 86.1 Å². The molecule has 0 heterocycles. The van der Waals surface area contributed by atoms with Gasteiger partial charge in [-0.3, -0.25) is 4.79 Å². The highest BCUT2D eigenvalue weighted by molar-refractivity contribution is 5.69. The minimum absolute atomic E-state index is 0.257. The van der Waals surface area contributed by atoms with E-state index in [4.69, 9.17) is 5.11 Å². The summed E-state index contributed by atoms with van der Waals surface area (Å²) in [6.07, 6.45) is 3.78. The van der Waals surface area contributed by atoms with E-state index in [0.29, 0.717) is 12.6 Å². The Hall–Kier alpha value is -0.570. The van der Waals surface area contributed by atoms with Crippen LogP contribution in [-0.4, -0.2) is 35.6 Å². The van der Waals surface area contributed by atoms with Gasteiger partial charge < -0.3 is 10.0 Å². The molecule has 1 N–H and O–H groups in total. The summed E-state index contributed by atoms with van der Waals surface area (Å²) in [5.74, 6) is -0.124. The van der Waals surface area contributed by atoms with Crippen LogP contribution >= 0.6 is 0 Å². The maximum atomic E-state index is 10.7. The highest BCUT2D eigenvalue weighted by atomic mass is 16.4. The number of nitrogens with zero attached hydrogens (tertiary/aromatic N) is 1. The molecule has 3 nitrogen and oxygen atoms in total. The minimum atomic E-state index is -0.692. The summed E-state index contributed by atoms with van der Waals surface area (Å²) in [6.45, 7) is 4.63. The van der Waals surface area contributed by atoms with Crippen molar-refractivity contribution in [2.75, 3.05) is 13.6 Å². The molecule has 0 amide bonds. The standard InChI is InChI=1S/C11H21NO2/c1-4-10(9-5-6-9)12(3)7-8(2)11(13)14/h8-10H,4-7H2,1-3H3,(H,13,14). The summed E-state index contributed by atoms with van der Waals surface area (Å²) in [4.78, 5) is 12.9. The second kappa shape index (κ2) is 4.78. The molecule has 0 saturated heterocycles. The monoisotopic (exact) mass is 199 g/mol. The van der Waals surface area contributed by atoms with Crippen LogP contribution in [0, 0.1) is 11.8 Å². The zero-order valence-corrected chi connectivity index (χ0v) is 9.36. The van der Waals surface area contributed by atoms with Crippen molar-refractivity contribution in [1.29, 1.82) is 0 Å². The lowest BCUT2D eigenvalue weighted by Crippen LogP contribution is -2.37. The van der Waals surface area contributed by atoms with Crippen molar-refractivity contribution in [2.24, 2.45) is 11.8 Å². The summed E-state index contributed by atoms with van der Waals surface area (Å²) in [6, 6.07) is 0.594. The molecule has 0 aromatic rings. The highest BCUT2D eigenvalue weighted by Gasteiger charge is 2.33. The third-order valence-electron chi connectivity index (χ3n) is 3.13. The number of aliphatic carboxylic acids is 1. The number of rotatable bonds is 6. The Kier molecular flexibility index (Phi) is 3.93. The molecule has 0 aromatic heterocycles. The van der Waals surface area contributed by atoms with E-state index in [-0.39, 0.29) is 5.92 Å². The number of carboxylic acid groups (broad SMARTS) is 1. The molecule has 1 aliphatic carbocycles. The topological polar surface area (TPSA) is 40.5 Å². The van der Waals surface area contributed by atoms with E-state index in [1.54, 1.807) is 6.92 Å². The van der Waals surface area contributed by atoms with Crippen molar-refractivity contribution in [3.8, 4) is 0 Å². The van der Waals surface area contributed by atoms with Gasteiger partial charge in [0, 0.05) is 12.6 Å². The minimum Gasteiger partial charge on any atom is -0.481 e. The molecule has 1 aliphatic rings. The fourth-order valence-electron chi connectivity index (χ4n) is 2.13. The SMILES string of the molecule is CCC(C1CC1)N(C)CC(C)C(=O)O. The van der Waals surface area contributed by atoms with Gasteiger partial charge in [0.05, 0.1) is 5.92 Å². The molecular weight excluding hydrogens is 178 g/mol. The van der Waals surface area contributed by atoms with Crippen LogP contribution < -0.4 is 0 Å². The summed E-state index contributed by atoms with van der Waals surface area (Å²) < 4.78 is 0. The fraction of sp³-hybridized carbons (Fsp3) is 0.909. The molecule has 2 atom stereocenters. The van der Waals surface area contributed by atoms with Crippen LogP contribution in [0.4, 0.5) is 0 Å². The third-order valence-corrected chi connectivity index (χ3v) is 3.13. The molecule has 0 bridgehead atoms. The predicted octanol–water partition coefficient (Wildman–Crippen LogP) is 1.83. The first-order chi connectivity index (χ1) is 6.56. The van der Waals surface area contributed by atoms with Crippen LogP contribution in [0.2, 0.25) is 0 Å².